The van der Waals surface area contributed by atoms with Gasteiger partial charge in [0.15, 0.2) is 0 Å². The Morgan fingerprint density at radius 3 is 2.20 bits per heavy atom. The minimum Gasteiger partial charge on any atom is -0.446 e. The molecule has 0 saturated carbocycles. The predicted octanol–water partition coefficient (Wildman–Crippen LogP) is 4.17. The summed E-state index contributed by atoms with van der Waals surface area (Å²) in [6.07, 6.45) is -1.39. The molecule has 0 aliphatic carbocycles. The number of aryl methyl sites for hydroxylation is 3. The minimum atomic E-state index is -1.39. The van der Waals surface area contributed by atoms with Gasteiger partial charge in [-0.1, -0.05) is 53.6 Å². The van der Waals surface area contributed by atoms with Gasteiger partial charge in [0.25, 0.3) is 17.5 Å². The van der Waals surface area contributed by atoms with Crippen molar-refractivity contribution < 1.29 is 24.0 Å². The monoisotopic (exact) mass is 475 g/mol. The van der Waals surface area contributed by atoms with Gasteiger partial charge in [-0.05, 0) is 44.5 Å². The lowest BCUT2D eigenvalue weighted by Gasteiger charge is -2.18. The van der Waals surface area contributed by atoms with Crippen LogP contribution in [0.4, 0.5) is 11.4 Å². The van der Waals surface area contributed by atoms with Crippen molar-refractivity contribution >= 4 is 29.2 Å². The summed E-state index contributed by atoms with van der Waals surface area (Å²) in [5.74, 6) is -2.06. The number of esters is 1. The van der Waals surface area contributed by atoms with Crippen molar-refractivity contribution in [1.82, 2.24) is 5.32 Å². The third-order valence-electron chi connectivity index (χ3n) is 5.07. The van der Waals surface area contributed by atoms with Crippen LogP contribution in [0.2, 0.25) is 0 Å². The smallest absolute Gasteiger partial charge is 0.326 e. The fourth-order valence-electron chi connectivity index (χ4n) is 3.53. The second kappa shape index (κ2) is 11.1. The number of nitro benzene ring substituents is 1. The molecule has 0 bridgehead atoms. The highest BCUT2D eigenvalue weighted by molar-refractivity contribution is 5.99. The van der Waals surface area contributed by atoms with Crippen LogP contribution in [0.1, 0.15) is 38.7 Å². The van der Waals surface area contributed by atoms with E-state index >= 15 is 0 Å². The van der Waals surface area contributed by atoms with E-state index in [4.69, 9.17) is 4.74 Å². The molecule has 35 heavy (non-hydrogen) atoms. The summed E-state index contributed by atoms with van der Waals surface area (Å²) in [6, 6.07) is 17.9. The molecule has 0 aliphatic heterocycles. The van der Waals surface area contributed by atoms with E-state index in [-0.39, 0.29) is 11.4 Å². The normalized spacial score (nSPS) is 11.3. The number of nitrogens with zero attached hydrogens (tertiary/aromatic N) is 1. The summed E-state index contributed by atoms with van der Waals surface area (Å²) < 4.78 is 5.39. The van der Waals surface area contributed by atoms with Gasteiger partial charge in [0.2, 0.25) is 6.10 Å². The van der Waals surface area contributed by atoms with Crippen LogP contribution in [0.15, 0.2) is 66.7 Å². The highest BCUT2D eigenvalue weighted by Gasteiger charge is 2.27. The zero-order valence-corrected chi connectivity index (χ0v) is 19.5. The standard InChI is InChI=1S/C26H25N3O6/c1-16-9-10-21(22(14-16)29(33)34)28-26(32)24(19-7-5-4-6-8-19)35-23(30)15-27-25(31)20-12-17(2)11-18(3)13-20/h4-14,24H,15H2,1-3H3,(H,27,31)(H,28,32). The molecule has 1 unspecified atom stereocenters. The van der Waals surface area contributed by atoms with Gasteiger partial charge >= 0.3 is 5.97 Å². The Morgan fingerprint density at radius 1 is 0.914 bits per heavy atom. The van der Waals surface area contributed by atoms with Gasteiger partial charge in [-0.25, -0.2) is 0 Å². The zero-order chi connectivity index (χ0) is 25.5. The van der Waals surface area contributed by atoms with Crippen molar-refractivity contribution in [2.45, 2.75) is 26.9 Å². The number of benzene rings is 3. The summed E-state index contributed by atoms with van der Waals surface area (Å²) in [5.41, 5.74) is 2.93. The molecule has 9 nitrogen and oxygen atoms in total. The molecule has 3 rings (SSSR count). The molecular formula is C26H25N3O6. The maximum atomic E-state index is 13.0. The molecule has 0 fully saturated rings. The van der Waals surface area contributed by atoms with Gasteiger partial charge in [-0.2, -0.15) is 0 Å². The first kappa shape index (κ1) is 25.1. The SMILES string of the molecule is Cc1cc(C)cc(C(=O)NCC(=O)OC(C(=O)Nc2ccc(C)cc2[N+](=O)[O-])c2ccccc2)c1. The largest absolute Gasteiger partial charge is 0.446 e. The average Bonchev–Trinajstić information content (AvgIpc) is 2.81. The van der Waals surface area contributed by atoms with Crippen molar-refractivity contribution in [2.24, 2.45) is 0 Å². The maximum Gasteiger partial charge on any atom is 0.326 e. The first-order valence-corrected chi connectivity index (χ1v) is 10.8. The minimum absolute atomic E-state index is 0.0225. The topological polar surface area (TPSA) is 128 Å². The summed E-state index contributed by atoms with van der Waals surface area (Å²) in [7, 11) is 0. The molecule has 3 aromatic carbocycles. The number of amides is 2. The molecule has 0 aromatic heterocycles. The Labute approximate surface area is 202 Å². The van der Waals surface area contributed by atoms with Crippen LogP contribution in [0.25, 0.3) is 0 Å². The third kappa shape index (κ3) is 6.73. The molecule has 1 atom stereocenters. The number of rotatable bonds is 8. The van der Waals surface area contributed by atoms with Gasteiger partial charge in [0.1, 0.15) is 12.2 Å². The van der Waals surface area contributed by atoms with Crippen LogP contribution in [0.3, 0.4) is 0 Å². The van der Waals surface area contributed by atoms with Crippen molar-refractivity contribution in [3.05, 3.63) is 105 Å². The number of nitro groups is 1. The van der Waals surface area contributed by atoms with E-state index in [0.717, 1.165) is 11.1 Å². The Balaban J connectivity index is 1.74. The predicted molar refractivity (Wildman–Crippen MR) is 130 cm³/mol. The number of ether oxygens (including phenoxy) is 1. The van der Waals surface area contributed by atoms with Gasteiger partial charge in [0.05, 0.1) is 4.92 Å². The fourth-order valence-corrected chi connectivity index (χ4v) is 3.53. The maximum absolute atomic E-state index is 13.0. The van der Waals surface area contributed by atoms with Gasteiger partial charge in [-0.3, -0.25) is 24.5 Å². The van der Waals surface area contributed by atoms with Crippen LogP contribution in [0, 0.1) is 30.9 Å². The van der Waals surface area contributed by atoms with E-state index < -0.39 is 35.4 Å². The van der Waals surface area contributed by atoms with E-state index in [2.05, 4.69) is 10.6 Å². The molecule has 180 valence electrons. The van der Waals surface area contributed by atoms with Gasteiger partial charge in [0, 0.05) is 17.2 Å². The van der Waals surface area contributed by atoms with E-state index in [1.54, 1.807) is 55.5 Å². The lowest BCUT2D eigenvalue weighted by atomic mass is 10.1. The summed E-state index contributed by atoms with van der Waals surface area (Å²) in [4.78, 5) is 48.9. The van der Waals surface area contributed by atoms with Crippen LogP contribution in [0.5, 0.6) is 0 Å². The van der Waals surface area contributed by atoms with Gasteiger partial charge in [-0.15, -0.1) is 0 Å². The van der Waals surface area contributed by atoms with E-state index in [9.17, 15) is 24.5 Å². The number of carbonyl (C=O) groups excluding carboxylic acids is 3. The molecule has 0 saturated heterocycles. The molecule has 0 heterocycles. The van der Waals surface area contributed by atoms with Crippen molar-refractivity contribution in [2.75, 3.05) is 11.9 Å². The van der Waals surface area contributed by atoms with Crippen molar-refractivity contribution in [3.63, 3.8) is 0 Å². The van der Waals surface area contributed by atoms with Crippen molar-refractivity contribution in [1.29, 1.82) is 0 Å². The average molecular weight is 476 g/mol. The first-order valence-electron chi connectivity index (χ1n) is 10.8. The van der Waals surface area contributed by atoms with Crippen LogP contribution >= 0.6 is 0 Å². The Kier molecular flexibility index (Phi) is 7.93. The van der Waals surface area contributed by atoms with Gasteiger partial charge < -0.3 is 15.4 Å². The molecule has 0 spiro atoms. The number of nitrogens with one attached hydrogen (secondary N) is 2. The fraction of sp³-hybridized carbons (Fsp3) is 0.192. The Morgan fingerprint density at radius 2 is 1.57 bits per heavy atom. The lowest BCUT2D eigenvalue weighted by molar-refractivity contribution is -0.384. The highest BCUT2D eigenvalue weighted by Crippen LogP contribution is 2.27. The molecule has 2 amide bonds. The number of hydrogen-bond donors (Lipinski definition) is 2. The summed E-state index contributed by atoms with van der Waals surface area (Å²) >= 11 is 0. The second-order valence-corrected chi connectivity index (χ2v) is 8.11. The quantitative estimate of drug-likeness (QED) is 0.286. The highest BCUT2D eigenvalue weighted by atomic mass is 16.6. The molecule has 9 heteroatoms. The molecular weight excluding hydrogens is 450 g/mol. The summed E-state index contributed by atoms with van der Waals surface area (Å²) in [6.45, 7) is 4.95. The number of carbonyl (C=O) groups is 3. The molecule has 2 N–H and O–H groups in total. The second-order valence-electron chi connectivity index (χ2n) is 8.11. The molecule has 3 aromatic rings. The zero-order valence-electron chi connectivity index (χ0n) is 19.5. The third-order valence-corrected chi connectivity index (χ3v) is 5.07. The molecule has 0 aliphatic rings. The Bertz CT molecular complexity index is 1250. The lowest BCUT2D eigenvalue weighted by Crippen LogP contribution is -2.33. The van der Waals surface area contributed by atoms with E-state index in [1.165, 1.54) is 12.1 Å². The van der Waals surface area contributed by atoms with Crippen molar-refractivity contribution in [3.8, 4) is 0 Å². The molecule has 0 radical (unpaired) electrons. The van der Waals surface area contributed by atoms with E-state index in [0.29, 0.717) is 16.7 Å². The number of anilines is 1. The van der Waals surface area contributed by atoms with Crippen LogP contribution in [-0.4, -0.2) is 29.3 Å². The van der Waals surface area contributed by atoms with Crippen LogP contribution in [-0.2, 0) is 14.3 Å². The summed E-state index contributed by atoms with van der Waals surface area (Å²) in [5, 5.41) is 16.4. The Hall–Kier alpha value is -4.53. The number of hydrogen-bond acceptors (Lipinski definition) is 6. The van der Waals surface area contributed by atoms with E-state index in [1.807, 2.05) is 19.9 Å². The van der Waals surface area contributed by atoms with Crippen LogP contribution < -0.4 is 10.6 Å². The first-order chi connectivity index (χ1) is 16.6.